The van der Waals surface area contributed by atoms with E-state index in [2.05, 4.69) is 5.32 Å². The Labute approximate surface area is 232 Å². The number of halogens is 3. The number of methoxy groups -OCH3 is 1. The number of likely N-dealkylation sites (tertiary alicyclic amines) is 1. The number of amides is 2. The van der Waals surface area contributed by atoms with Crippen LogP contribution in [0, 0.1) is 5.41 Å². The van der Waals surface area contributed by atoms with Crippen LogP contribution in [0.3, 0.4) is 0 Å². The van der Waals surface area contributed by atoms with Crippen molar-refractivity contribution in [1.82, 2.24) is 10.2 Å². The zero-order chi connectivity index (χ0) is 26.2. The predicted octanol–water partition coefficient (Wildman–Crippen LogP) is 5.44. The summed E-state index contributed by atoms with van der Waals surface area (Å²) in [6, 6.07) is 10.8. The van der Waals surface area contributed by atoms with Crippen LogP contribution in [0.15, 0.2) is 36.4 Å². The number of benzene rings is 2. The zero-order valence-electron chi connectivity index (χ0n) is 20.8. The second-order valence-electron chi connectivity index (χ2n) is 10.5. The summed E-state index contributed by atoms with van der Waals surface area (Å²) in [7, 11) is 1.56. The first-order chi connectivity index (χ1) is 17.8. The van der Waals surface area contributed by atoms with Crippen LogP contribution in [0.25, 0.3) is 0 Å². The lowest BCUT2D eigenvalue weighted by molar-refractivity contribution is -0.154. The smallest absolute Gasteiger partial charge is 0.233 e. The molecule has 1 N–H and O–H groups in total. The summed E-state index contributed by atoms with van der Waals surface area (Å²) in [4.78, 5) is 28.8. The Hall–Kier alpha value is -1.99. The van der Waals surface area contributed by atoms with Gasteiger partial charge in [-0.2, -0.15) is 0 Å². The number of fused-ring (bicyclic) bond motifs is 1. The van der Waals surface area contributed by atoms with Gasteiger partial charge in [0.25, 0.3) is 0 Å². The van der Waals surface area contributed by atoms with E-state index in [4.69, 9.17) is 44.3 Å². The number of hydrogen-bond donors (Lipinski definition) is 1. The highest BCUT2D eigenvalue weighted by atomic mass is 35.5. The van der Waals surface area contributed by atoms with Gasteiger partial charge in [-0.05, 0) is 61.9 Å². The van der Waals surface area contributed by atoms with E-state index >= 15 is 0 Å². The monoisotopic (exact) mass is 564 g/mol. The van der Waals surface area contributed by atoms with Crippen molar-refractivity contribution in [3.05, 3.63) is 62.6 Å². The van der Waals surface area contributed by atoms with Gasteiger partial charge in [-0.1, -0.05) is 46.9 Å². The van der Waals surface area contributed by atoms with E-state index in [-0.39, 0.29) is 29.8 Å². The highest BCUT2D eigenvalue weighted by Crippen LogP contribution is 2.52. The van der Waals surface area contributed by atoms with Crippen molar-refractivity contribution >= 4 is 46.6 Å². The fraction of sp³-hybridized carbons (Fsp3) is 0.500. The molecule has 5 rings (SSSR count). The molecule has 1 saturated carbocycles. The first-order valence-electron chi connectivity index (χ1n) is 12.7. The van der Waals surface area contributed by atoms with Crippen LogP contribution in [-0.4, -0.2) is 56.2 Å². The topological polar surface area (TPSA) is 67.9 Å². The molecular formula is C28H31Cl3N2O4. The number of hydrogen-bond acceptors (Lipinski definition) is 4. The first kappa shape index (κ1) is 26.6. The van der Waals surface area contributed by atoms with Crippen LogP contribution in [-0.2, 0) is 26.2 Å². The largest absolute Gasteiger partial charge is 0.496 e. The molecule has 2 aromatic rings. The van der Waals surface area contributed by atoms with Crippen molar-refractivity contribution in [2.75, 3.05) is 33.4 Å². The maximum absolute atomic E-state index is 13.9. The van der Waals surface area contributed by atoms with Gasteiger partial charge < -0.3 is 19.7 Å². The molecule has 2 atom stereocenters. The lowest BCUT2D eigenvalue weighted by Crippen LogP contribution is -2.61. The van der Waals surface area contributed by atoms with Gasteiger partial charge in [0.05, 0.1) is 35.1 Å². The number of carbonyl (C=O) groups is 2. The number of ether oxygens (including phenoxy) is 2. The van der Waals surface area contributed by atoms with Gasteiger partial charge in [0, 0.05) is 42.2 Å². The Kier molecular flexibility index (Phi) is 7.65. The predicted molar refractivity (Wildman–Crippen MR) is 145 cm³/mol. The SMILES string of the molecule is COc1cc(Cl)ccc1CC(=O)NC[C@@]12CCCO[C@@H]1CCN(C(=O)C1(c3ccc(Cl)c(Cl)c3)CC1)C2. The number of nitrogens with one attached hydrogen (secondary N) is 1. The van der Waals surface area contributed by atoms with Gasteiger partial charge in [0.2, 0.25) is 11.8 Å². The first-order valence-corrected chi connectivity index (χ1v) is 13.9. The minimum Gasteiger partial charge on any atom is -0.496 e. The van der Waals surface area contributed by atoms with Crippen molar-refractivity contribution in [3.63, 3.8) is 0 Å². The third-order valence-corrected chi connectivity index (χ3v) is 9.12. The van der Waals surface area contributed by atoms with Gasteiger partial charge in [-0.15, -0.1) is 0 Å². The van der Waals surface area contributed by atoms with Crippen LogP contribution in [0.1, 0.15) is 43.2 Å². The van der Waals surface area contributed by atoms with E-state index in [9.17, 15) is 9.59 Å². The van der Waals surface area contributed by atoms with Gasteiger partial charge >= 0.3 is 0 Å². The molecule has 3 aliphatic rings. The maximum atomic E-state index is 13.9. The van der Waals surface area contributed by atoms with E-state index in [1.54, 1.807) is 25.3 Å². The molecular weight excluding hydrogens is 535 g/mol. The van der Waals surface area contributed by atoms with Gasteiger partial charge in [0.15, 0.2) is 0 Å². The summed E-state index contributed by atoms with van der Waals surface area (Å²) < 4.78 is 11.6. The van der Waals surface area contributed by atoms with E-state index in [1.807, 2.05) is 23.1 Å². The third kappa shape index (κ3) is 5.31. The Morgan fingerprint density at radius 2 is 1.92 bits per heavy atom. The van der Waals surface area contributed by atoms with Gasteiger partial charge in [0.1, 0.15) is 5.75 Å². The number of nitrogens with zero attached hydrogens (tertiary/aromatic N) is 1. The molecule has 0 unspecified atom stereocenters. The number of rotatable bonds is 7. The standard InChI is InChI=1S/C28H31Cl3N2O4/c1-36-23-15-20(29)5-3-18(23)13-25(34)32-16-27-8-2-12-37-24(27)7-11-33(17-27)26(35)28(9-10-28)19-4-6-21(30)22(31)14-19/h3-6,14-15,24H,2,7-13,16-17H2,1H3,(H,32,34)/t24-,27-/m1/s1. The van der Waals surface area contributed by atoms with Gasteiger partial charge in [-0.25, -0.2) is 0 Å². The molecule has 37 heavy (non-hydrogen) atoms. The highest BCUT2D eigenvalue weighted by Gasteiger charge is 2.56. The van der Waals surface area contributed by atoms with Crippen molar-refractivity contribution in [1.29, 1.82) is 0 Å². The van der Waals surface area contributed by atoms with E-state index in [0.717, 1.165) is 43.2 Å². The maximum Gasteiger partial charge on any atom is 0.233 e. The van der Waals surface area contributed by atoms with Crippen molar-refractivity contribution in [2.45, 2.75) is 50.0 Å². The lowest BCUT2D eigenvalue weighted by atomic mass is 9.72. The third-order valence-electron chi connectivity index (χ3n) is 8.14. The summed E-state index contributed by atoms with van der Waals surface area (Å²) in [5, 5.41) is 4.65. The van der Waals surface area contributed by atoms with Crippen molar-refractivity contribution < 1.29 is 19.1 Å². The summed E-state index contributed by atoms with van der Waals surface area (Å²) in [5.41, 5.74) is 0.843. The van der Waals surface area contributed by atoms with E-state index < -0.39 is 5.41 Å². The second kappa shape index (κ2) is 10.6. The van der Waals surface area contributed by atoms with Crippen LogP contribution in [0.2, 0.25) is 15.1 Å². The van der Waals surface area contributed by atoms with E-state index in [1.165, 1.54) is 0 Å². The Bertz CT molecular complexity index is 1200. The Balaban J connectivity index is 1.30. The van der Waals surface area contributed by atoms with Crippen LogP contribution in [0.5, 0.6) is 5.75 Å². The van der Waals surface area contributed by atoms with Crippen LogP contribution >= 0.6 is 34.8 Å². The second-order valence-corrected chi connectivity index (χ2v) is 11.7. The molecule has 0 spiro atoms. The summed E-state index contributed by atoms with van der Waals surface area (Å²) in [6.45, 7) is 2.37. The molecule has 9 heteroatoms. The van der Waals surface area contributed by atoms with E-state index in [0.29, 0.717) is 47.1 Å². The van der Waals surface area contributed by atoms with Crippen LogP contribution in [0.4, 0.5) is 0 Å². The minimum atomic E-state index is -0.536. The quantitative estimate of drug-likeness (QED) is 0.485. The highest BCUT2D eigenvalue weighted by molar-refractivity contribution is 6.42. The molecule has 2 aliphatic heterocycles. The molecule has 3 fully saturated rings. The molecule has 6 nitrogen and oxygen atoms in total. The summed E-state index contributed by atoms with van der Waals surface area (Å²) >= 11 is 18.5. The summed E-state index contributed by atoms with van der Waals surface area (Å²) in [6.07, 6.45) is 4.34. The zero-order valence-corrected chi connectivity index (χ0v) is 23.1. The molecule has 2 saturated heterocycles. The lowest BCUT2D eigenvalue weighted by Gasteiger charge is -2.51. The summed E-state index contributed by atoms with van der Waals surface area (Å²) in [5.74, 6) is 0.620. The fourth-order valence-corrected chi connectivity index (χ4v) is 6.40. The Morgan fingerprint density at radius 1 is 1.11 bits per heavy atom. The molecule has 0 bridgehead atoms. The number of carbonyl (C=O) groups excluding carboxylic acids is 2. The average Bonchev–Trinajstić information content (AvgIpc) is 3.71. The molecule has 1 aliphatic carbocycles. The normalized spacial score (nSPS) is 24.2. The Morgan fingerprint density at radius 3 is 2.65 bits per heavy atom. The minimum absolute atomic E-state index is 0.01000. The van der Waals surface area contributed by atoms with Crippen LogP contribution < -0.4 is 10.1 Å². The molecule has 198 valence electrons. The molecule has 2 heterocycles. The fourth-order valence-electron chi connectivity index (χ4n) is 5.94. The average molecular weight is 566 g/mol. The molecule has 2 amide bonds. The molecule has 0 aromatic heterocycles. The van der Waals surface area contributed by atoms with Crippen molar-refractivity contribution in [3.8, 4) is 5.75 Å². The molecule has 2 aromatic carbocycles. The molecule has 0 radical (unpaired) electrons. The number of piperidine rings is 1. The van der Waals surface area contributed by atoms with Gasteiger partial charge in [-0.3, -0.25) is 9.59 Å². The van der Waals surface area contributed by atoms with Crippen molar-refractivity contribution in [2.24, 2.45) is 5.41 Å².